The summed E-state index contributed by atoms with van der Waals surface area (Å²) in [6.07, 6.45) is -4.29. The molecule has 2 heterocycles. The van der Waals surface area contributed by atoms with Gasteiger partial charge < -0.3 is 10.5 Å². The van der Waals surface area contributed by atoms with Crippen LogP contribution in [0.25, 0.3) is 5.65 Å². The van der Waals surface area contributed by atoms with Crippen molar-refractivity contribution < 1.29 is 17.9 Å². The summed E-state index contributed by atoms with van der Waals surface area (Å²) >= 11 is 5.78. The second-order valence-electron chi connectivity index (χ2n) is 3.79. The van der Waals surface area contributed by atoms with E-state index < -0.39 is 17.8 Å². The van der Waals surface area contributed by atoms with E-state index in [1.165, 1.54) is 7.11 Å². The van der Waals surface area contributed by atoms with Crippen LogP contribution in [0.2, 0.25) is 5.02 Å². The molecule has 2 aromatic rings. The van der Waals surface area contributed by atoms with E-state index in [0.29, 0.717) is 0 Å². The Kier molecular flexibility index (Phi) is 3.66. The number of halogens is 4. The topological polar surface area (TPSA) is 65.4 Å². The molecule has 2 rings (SSSR count). The lowest BCUT2D eigenvalue weighted by molar-refractivity contribution is -0.137. The largest absolute Gasteiger partial charge is 0.417 e. The minimum atomic E-state index is -4.51. The number of pyridine rings is 1. The zero-order chi connectivity index (χ0) is 14.2. The minimum Gasteiger partial charge on any atom is -0.372 e. The molecule has 1 atom stereocenters. The van der Waals surface area contributed by atoms with Gasteiger partial charge >= 0.3 is 6.18 Å². The Bertz CT molecular complexity index is 594. The summed E-state index contributed by atoms with van der Waals surface area (Å²) in [5, 5.41) is 7.38. The average Bonchev–Trinajstić information content (AvgIpc) is 2.74. The number of methoxy groups -OCH3 is 1. The van der Waals surface area contributed by atoms with Crippen molar-refractivity contribution in [3.63, 3.8) is 0 Å². The van der Waals surface area contributed by atoms with Gasteiger partial charge in [-0.1, -0.05) is 11.6 Å². The summed E-state index contributed by atoms with van der Waals surface area (Å²) in [4.78, 5) is 0. The van der Waals surface area contributed by atoms with Gasteiger partial charge in [0.25, 0.3) is 0 Å². The standard InChI is InChI=1S/C10H10ClF3N4O/c1-19-7(3-15)9-17-16-8-6(11)2-5(4-18(8)9)10(12,13)14/h2,4,7H,3,15H2,1H3. The third-order valence-corrected chi connectivity index (χ3v) is 2.88. The molecule has 19 heavy (non-hydrogen) atoms. The fourth-order valence-corrected chi connectivity index (χ4v) is 1.90. The van der Waals surface area contributed by atoms with Gasteiger partial charge in [0.05, 0.1) is 10.6 Å². The first-order valence-corrected chi connectivity index (χ1v) is 5.60. The molecule has 104 valence electrons. The lowest BCUT2D eigenvalue weighted by Gasteiger charge is -2.12. The molecule has 0 aromatic carbocycles. The predicted octanol–water partition coefficient (Wildman–Crippen LogP) is 2.05. The first kappa shape index (κ1) is 14.0. The number of aromatic nitrogens is 3. The van der Waals surface area contributed by atoms with Gasteiger partial charge in [0.1, 0.15) is 6.10 Å². The fourth-order valence-electron chi connectivity index (χ4n) is 1.65. The molecular formula is C10H10ClF3N4O. The molecule has 0 amide bonds. The van der Waals surface area contributed by atoms with Crippen LogP contribution in [0.1, 0.15) is 17.5 Å². The van der Waals surface area contributed by atoms with E-state index in [2.05, 4.69) is 10.2 Å². The van der Waals surface area contributed by atoms with Crippen molar-refractivity contribution in [2.45, 2.75) is 12.3 Å². The maximum Gasteiger partial charge on any atom is 0.417 e. The van der Waals surface area contributed by atoms with Gasteiger partial charge in [-0.05, 0) is 6.07 Å². The monoisotopic (exact) mass is 294 g/mol. The van der Waals surface area contributed by atoms with Crippen molar-refractivity contribution in [3.8, 4) is 0 Å². The number of alkyl halides is 3. The Hall–Kier alpha value is -1.38. The van der Waals surface area contributed by atoms with Crippen LogP contribution >= 0.6 is 11.6 Å². The Labute approximate surface area is 111 Å². The van der Waals surface area contributed by atoms with Crippen molar-refractivity contribution >= 4 is 17.2 Å². The highest BCUT2D eigenvalue weighted by molar-refractivity contribution is 6.33. The summed E-state index contributed by atoms with van der Waals surface area (Å²) in [6, 6.07) is 0.805. The molecule has 9 heteroatoms. The normalized spacial score (nSPS) is 14.0. The Balaban J connectivity index is 2.66. The molecule has 0 bridgehead atoms. The van der Waals surface area contributed by atoms with Crippen LogP contribution in [0, 0.1) is 0 Å². The van der Waals surface area contributed by atoms with Crippen LogP contribution in [0.4, 0.5) is 13.2 Å². The molecule has 0 fully saturated rings. The van der Waals surface area contributed by atoms with E-state index in [1.807, 2.05) is 0 Å². The van der Waals surface area contributed by atoms with Gasteiger partial charge in [-0.3, -0.25) is 4.40 Å². The number of nitrogens with two attached hydrogens (primary N) is 1. The van der Waals surface area contributed by atoms with Gasteiger partial charge in [-0.25, -0.2) is 0 Å². The van der Waals surface area contributed by atoms with Crippen molar-refractivity contribution in [2.75, 3.05) is 13.7 Å². The van der Waals surface area contributed by atoms with Gasteiger partial charge in [0, 0.05) is 19.9 Å². The van der Waals surface area contributed by atoms with Crippen molar-refractivity contribution in [3.05, 3.63) is 28.7 Å². The second-order valence-corrected chi connectivity index (χ2v) is 4.19. The summed E-state index contributed by atoms with van der Waals surface area (Å²) < 4.78 is 44.4. The molecule has 2 aromatic heterocycles. The maximum absolute atomic E-state index is 12.7. The molecule has 0 aliphatic carbocycles. The summed E-state index contributed by atoms with van der Waals surface area (Å²) in [6.45, 7) is 0.0607. The molecule has 5 nitrogen and oxygen atoms in total. The van der Waals surface area contributed by atoms with E-state index in [9.17, 15) is 13.2 Å². The van der Waals surface area contributed by atoms with Crippen LogP contribution in [0.5, 0.6) is 0 Å². The van der Waals surface area contributed by atoms with Gasteiger partial charge in [-0.15, -0.1) is 10.2 Å². The van der Waals surface area contributed by atoms with E-state index in [-0.39, 0.29) is 23.0 Å². The molecule has 0 saturated heterocycles. The zero-order valence-electron chi connectivity index (χ0n) is 9.78. The minimum absolute atomic E-state index is 0.0607. The first-order valence-electron chi connectivity index (χ1n) is 5.22. The highest BCUT2D eigenvalue weighted by atomic mass is 35.5. The van der Waals surface area contributed by atoms with Gasteiger partial charge in [-0.2, -0.15) is 13.2 Å². The molecule has 2 N–H and O–H groups in total. The van der Waals surface area contributed by atoms with Crippen molar-refractivity contribution in [1.29, 1.82) is 0 Å². The molecule has 0 saturated carbocycles. The summed E-state index contributed by atoms with van der Waals surface area (Å²) in [7, 11) is 1.38. The van der Waals surface area contributed by atoms with Gasteiger partial charge in [0.15, 0.2) is 11.5 Å². The predicted molar refractivity (Wildman–Crippen MR) is 61.8 cm³/mol. The molecule has 0 aliphatic rings. The summed E-state index contributed by atoms with van der Waals surface area (Å²) in [5.74, 6) is 0.174. The van der Waals surface area contributed by atoms with E-state index in [0.717, 1.165) is 16.7 Å². The lowest BCUT2D eigenvalue weighted by atomic mass is 10.2. The van der Waals surface area contributed by atoms with Crippen LogP contribution < -0.4 is 5.73 Å². The number of ether oxygens (including phenoxy) is 1. The van der Waals surface area contributed by atoms with Crippen LogP contribution in [-0.2, 0) is 10.9 Å². The summed E-state index contributed by atoms with van der Waals surface area (Å²) in [5.41, 5.74) is 4.70. The molecule has 0 radical (unpaired) electrons. The Morgan fingerprint density at radius 3 is 2.68 bits per heavy atom. The number of fused-ring (bicyclic) bond motifs is 1. The van der Waals surface area contributed by atoms with Crippen molar-refractivity contribution in [1.82, 2.24) is 14.6 Å². The van der Waals surface area contributed by atoms with Crippen LogP contribution in [0.3, 0.4) is 0 Å². The third kappa shape index (κ3) is 2.51. The van der Waals surface area contributed by atoms with Crippen LogP contribution in [-0.4, -0.2) is 28.3 Å². The maximum atomic E-state index is 12.7. The second kappa shape index (κ2) is 4.95. The smallest absolute Gasteiger partial charge is 0.372 e. The van der Waals surface area contributed by atoms with Crippen LogP contribution in [0.15, 0.2) is 12.3 Å². The number of rotatable bonds is 3. The Morgan fingerprint density at radius 1 is 1.47 bits per heavy atom. The van der Waals surface area contributed by atoms with Crippen molar-refractivity contribution in [2.24, 2.45) is 5.73 Å². The Morgan fingerprint density at radius 2 is 2.16 bits per heavy atom. The van der Waals surface area contributed by atoms with E-state index in [1.54, 1.807) is 0 Å². The number of hydrogen-bond acceptors (Lipinski definition) is 4. The number of nitrogens with zero attached hydrogens (tertiary/aromatic N) is 3. The lowest BCUT2D eigenvalue weighted by Crippen LogP contribution is -2.17. The first-order chi connectivity index (χ1) is 8.88. The highest BCUT2D eigenvalue weighted by Gasteiger charge is 2.32. The van der Waals surface area contributed by atoms with E-state index >= 15 is 0 Å². The van der Waals surface area contributed by atoms with Gasteiger partial charge in [0.2, 0.25) is 0 Å². The quantitative estimate of drug-likeness (QED) is 0.941. The molecule has 1 unspecified atom stereocenters. The number of hydrogen-bond donors (Lipinski definition) is 1. The third-order valence-electron chi connectivity index (χ3n) is 2.60. The SMILES string of the molecule is COC(CN)c1nnc2c(Cl)cc(C(F)(F)F)cn12. The zero-order valence-corrected chi connectivity index (χ0v) is 10.5. The fraction of sp³-hybridized carbons (Fsp3) is 0.400. The average molecular weight is 295 g/mol. The molecule has 0 aliphatic heterocycles. The highest BCUT2D eigenvalue weighted by Crippen LogP contribution is 2.32. The molecular weight excluding hydrogens is 285 g/mol. The molecule has 0 spiro atoms. The van der Waals surface area contributed by atoms with E-state index in [4.69, 9.17) is 22.1 Å².